The number of methoxy groups -OCH3 is 1. The molecule has 0 unspecified atom stereocenters. The summed E-state index contributed by atoms with van der Waals surface area (Å²) in [5.41, 5.74) is 1.26. The lowest BCUT2D eigenvalue weighted by molar-refractivity contribution is 0.190. The Morgan fingerprint density at radius 2 is 1.90 bits per heavy atom. The van der Waals surface area contributed by atoms with E-state index < -0.39 is 11.9 Å². The molecule has 0 saturated carbocycles. The predicted molar refractivity (Wildman–Crippen MR) is 79.4 cm³/mol. The van der Waals surface area contributed by atoms with Gasteiger partial charge in [-0.25, -0.2) is 4.39 Å². The maximum absolute atomic E-state index is 13.6. The number of rotatable bonds is 5. The maximum atomic E-state index is 13.6. The third-order valence-corrected chi connectivity index (χ3v) is 3.27. The number of aliphatic hydroxyl groups is 1. The summed E-state index contributed by atoms with van der Waals surface area (Å²) in [6.45, 7) is 1.81. The zero-order valence-corrected chi connectivity index (χ0v) is 12.5. The summed E-state index contributed by atoms with van der Waals surface area (Å²) < 4.78 is 24.1. The normalized spacial score (nSPS) is 12.0. The molecule has 0 radical (unpaired) electrons. The van der Waals surface area contributed by atoms with Crippen LogP contribution in [0.1, 0.15) is 24.2 Å². The Morgan fingerprint density at radius 3 is 2.52 bits per heavy atom. The van der Waals surface area contributed by atoms with Crippen molar-refractivity contribution in [3.8, 4) is 11.5 Å². The van der Waals surface area contributed by atoms with Crippen LogP contribution in [-0.2, 0) is 6.61 Å². The first kappa shape index (κ1) is 15.6. The van der Waals surface area contributed by atoms with Gasteiger partial charge >= 0.3 is 0 Å². The fraction of sp³-hybridized carbons (Fsp3) is 0.250. The van der Waals surface area contributed by atoms with Crippen molar-refractivity contribution in [1.29, 1.82) is 0 Å². The predicted octanol–water partition coefficient (Wildman–Crippen LogP) is 4.12. The Labute approximate surface area is 127 Å². The molecule has 2 rings (SSSR count). The molecule has 1 atom stereocenters. The molecule has 0 aliphatic rings. The maximum Gasteiger partial charge on any atom is 0.165 e. The molecule has 0 bridgehead atoms. The summed E-state index contributed by atoms with van der Waals surface area (Å²) in [7, 11) is 1.41. The first-order valence-electron chi connectivity index (χ1n) is 6.44. The Morgan fingerprint density at radius 1 is 1.19 bits per heavy atom. The lowest BCUT2D eigenvalue weighted by Gasteiger charge is -2.14. The van der Waals surface area contributed by atoms with Gasteiger partial charge in [-0.15, -0.1) is 0 Å². The van der Waals surface area contributed by atoms with E-state index in [0.29, 0.717) is 21.9 Å². The highest BCUT2D eigenvalue weighted by molar-refractivity contribution is 6.30. The van der Waals surface area contributed by atoms with Crippen molar-refractivity contribution in [2.45, 2.75) is 19.6 Å². The van der Waals surface area contributed by atoms with E-state index in [4.69, 9.17) is 21.1 Å². The minimum Gasteiger partial charge on any atom is -0.494 e. The SMILES string of the molecule is COc1ccc(COc2ccc(Cl)cc2[C@H](C)O)cc1F. The Balaban J connectivity index is 2.15. The van der Waals surface area contributed by atoms with Gasteiger partial charge in [-0.05, 0) is 42.8 Å². The van der Waals surface area contributed by atoms with Gasteiger partial charge in [-0.3, -0.25) is 0 Å². The molecule has 2 aromatic rings. The van der Waals surface area contributed by atoms with Gasteiger partial charge in [0.25, 0.3) is 0 Å². The van der Waals surface area contributed by atoms with Gasteiger partial charge in [-0.1, -0.05) is 17.7 Å². The molecule has 1 N–H and O–H groups in total. The first-order valence-corrected chi connectivity index (χ1v) is 6.81. The fourth-order valence-corrected chi connectivity index (χ4v) is 2.12. The monoisotopic (exact) mass is 310 g/mol. The highest BCUT2D eigenvalue weighted by Gasteiger charge is 2.11. The molecular formula is C16H16ClFO3. The lowest BCUT2D eigenvalue weighted by Crippen LogP contribution is -2.01. The van der Waals surface area contributed by atoms with E-state index in [1.165, 1.54) is 13.2 Å². The molecule has 0 heterocycles. The van der Waals surface area contributed by atoms with E-state index in [9.17, 15) is 9.50 Å². The molecule has 21 heavy (non-hydrogen) atoms. The molecule has 0 aliphatic heterocycles. The van der Waals surface area contributed by atoms with Crippen molar-refractivity contribution >= 4 is 11.6 Å². The van der Waals surface area contributed by atoms with Crippen molar-refractivity contribution < 1.29 is 19.0 Å². The minimum absolute atomic E-state index is 0.183. The molecule has 3 nitrogen and oxygen atoms in total. The number of ether oxygens (including phenoxy) is 2. The van der Waals surface area contributed by atoms with Crippen LogP contribution in [0.25, 0.3) is 0 Å². The van der Waals surface area contributed by atoms with Crippen molar-refractivity contribution in [3.63, 3.8) is 0 Å². The van der Waals surface area contributed by atoms with Crippen LogP contribution in [0.2, 0.25) is 5.02 Å². The number of aliphatic hydroxyl groups excluding tert-OH is 1. The van der Waals surface area contributed by atoms with E-state index in [0.717, 1.165) is 0 Å². The molecule has 0 amide bonds. The van der Waals surface area contributed by atoms with E-state index in [1.807, 2.05) is 0 Å². The highest BCUT2D eigenvalue weighted by Crippen LogP contribution is 2.29. The number of halogens is 2. The summed E-state index contributed by atoms with van der Waals surface area (Å²) in [6.07, 6.45) is -0.702. The van der Waals surface area contributed by atoms with Crippen LogP contribution in [0.15, 0.2) is 36.4 Å². The second-order valence-corrected chi connectivity index (χ2v) is 5.05. The van der Waals surface area contributed by atoms with Crippen LogP contribution in [0, 0.1) is 5.82 Å². The molecular weight excluding hydrogens is 295 g/mol. The smallest absolute Gasteiger partial charge is 0.165 e. The molecule has 112 valence electrons. The Hall–Kier alpha value is -1.78. The summed E-state index contributed by atoms with van der Waals surface area (Å²) in [5.74, 6) is 0.269. The zero-order chi connectivity index (χ0) is 15.4. The van der Waals surface area contributed by atoms with E-state index in [-0.39, 0.29) is 12.4 Å². The van der Waals surface area contributed by atoms with Crippen LogP contribution in [0.3, 0.4) is 0 Å². The van der Waals surface area contributed by atoms with Gasteiger partial charge < -0.3 is 14.6 Å². The van der Waals surface area contributed by atoms with Gasteiger partial charge in [0.1, 0.15) is 12.4 Å². The average Bonchev–Trinajstić information content (AvgIpc) is 2.46. The van der Waals surface area contributed by atoms with Crippen LogP contribution in [-0.4, -0.2) is 12.2 Å². The van der Waals surface area contributed by atoms with Gasteiger partial charge in [0.15, 0.2) is 11.6 Å². The first-order chi connectivity index (χ1) is 10.0. The topological polar surface area (TPSA) is 38.7 Å². The summed E-state index contributed by atoms with van der Waals surface area (Å²) in [4.78, 5) is 0. The fourth-order valence-electron chi connectivity index (χ4n) is 1.94. The molecule has 2 aromatic carbocycles. The van der Waals surface area contributed by atoms with E-state index >= 15 is 0 Å². The largest absolute Gasteiger partial charge is 0.494 e. The van der Waals surface area contributed by atoms with Crippen molar-refractivity contribution in [3.05, 3.63) is 58.4 Å². The summed E-state index contributed by atoms with van der Waals surface area (Å²) in [5, 5.41) is 10.2. The van der Waals surface area contributed by atoms with Crippen molar-refractivity contribution in [2.75, 3.05) is 7.11 Å². The molecule has 0 aromatic heterocycles. The standard InChI is InChI=1S/C16H16ClFO3/c1-10(19)13-8-12(17)4-6-15(13)21-9-11-3-5-16(20-2)14(18)7-11/h3-8,10,19H,9H2,1-2H3/t10-/m0/s1. The molecule has 0 saturated heterocycles. The van der Waals surface area contributed by atoms with Gasteiger partial charge in [0.05, 0.1) is 13.2 Å². The molecule has 5 heteroatoms. The minimum atomic E-state index is -0.702. The number of benzene rings is 2. The second kappa shape index (κ2) is 6.78. The van der Waals surface area contributed by atoms with Crippen LogP contribution in [0.4, 0.5) is 4.39 Å². The molecule has 0 spiro atoms. The van der Waals surface area contributed by atoms with E-state index in [1.54, 1.807) is 37.3 Å². The second-order valence-electron chi connectivity index (χ2n) is 4.62. The highest BCUT2D eigenvalue weighted by atomic mass is 35.5. The Bertz CT molecular complexity index is 629. The zero-order valence-electron chi connectivity index (χ0n) is 11.8. The van der Waals surface area contributed by atoms with Gasteiger partial charge in [0, 0.05) is 10.6 Å². The molecule has 0 aliphatic carbocycles. The van der Waals surface area contributed by atoms with Crippen LogP contribution >= 0.6 is 11.6 Å². The van der Waals surface area contributed by atoms with Crippen LogP contribution < -0.4 is 9.47 Å². The van der Waals surface area contributed by atoms with Gasteiger partial charge in [-0.2, -0.15) is 0 Å². The lowest BCUT2D eigenvalue weighted by atomic mass is 10.1. The summed E-state index contributed by atoms with van der Waals surface area (Å²) >= 11 is 5.90. The van der Waals surface area contributed by atoms with Crippen molar-refractivity contribution in [2.24, 2.45) is 0 Å². The Kier molecular flexibility index (Phi) is 5.04. The third kappa shape index (κ3) is 3.86. The van der Waals surface area contributed by atoms with Crippen molar-refractivity contribution in [1.82, 2.24) is 0 Å². The third-order valence-electron chi connectivity index (χ3n) is 3.03. The van der Waals surface area contributed by atoms with E-state index in [2.05, 4.69) is 0 Å². The average molecular weight is 311 g/mol. The quantitative estimate of drug-likeness (QED) is 0.903. The van der Waals surface area contributed by atoms with Gasteiger partial charge in [0.2, 0.25) is 0 Å². The van der Waals surface area contributed by atoms with Crippen LogP contribution in [0.5, 0.6) is 11.5 Å². The number of hydrogen-bond donors (Lipinski definition) is 1. The summed E-state index contributed by atoms with van der Waals surface area (Å²) in [6, 6.07) is 9.64. The molecule has 0 fully saturated rings. The number of hydrogen-bond acceptors (Lipinski definition) is 3.